The van der Waals surface area contributed by atoms with Gasteiger partial charge in [-0.1, -0.05) is 19.0 Å². The van der Waals surface area contributed by atoms with Crippen molar-refractivity contribution in [2.75, 3.05) is 26.1 Å². The molecule has 2 fully saturated rings. The molecule has 2 aromatic rings. The van der Waals surface area contributed by atoms with E-state index in [-0.39, 0.29) is 11.5 Å². The minimum atomic E-state index is 0.0547. The van der Waals surface area contributed by atoms with Gasteiger partial charge in [0.25, 0.3) is 0 Å². The van der Waals surface area contributed by atoms with Gasteiger partial charge in [0.15, 0.2) is 11.5 Å². The van der Waals surface area contributed by atoms with Crippen molar-refractivity contribution < 1.29 is 18.7 Å². The first-order chi connectivity index (χ1) is 12.0. The maximum absolute atomic E-state index is 5.82. The molecule has 3 unspecified atom stereocenters. The van der Waals surface area contributed by atoms with E-state index < -0.39 is 0 Å². The number of fused-ring (bicyclic) bond motifs is 1. The lowest BCUT2D eigenvalue weighted by atomic mass is 9.57. The number of rotatable bonds is 5. The SMILES string of the molecule is COc1ccc(-c2noc(NC3C4CCOC4C3(C)C)n2)cc1OC. The van der Waals surface area contributed by atoms with Crippen LogP contribution < -0.4 is 14.8 Å². The van der Waals surface area contributed by atoms with E-state index >= 15 is 0 Å². The van der Waals surface area contributed by atoms with Crippen molar-refractivity contribution in [1.82, 2.24) is 10.1 Å². The van der Waals surface area contributed by atoms with Gasteiger partial charge in [0, 0.05) is 29.5 Å². The molecule has 0 spiro atoms. The molecule has 2 aliphatic rings. The molecule has 3 atom stereocenters. The van der Waals surface area contributed by atoms with E-state index in [1.807, 2.05) is 18.2 Å². The zero-order valence-corrected chi connectivity index (χ0v) is 14.9. The van der Waals surface area contributed by atoms with E-state index in [0.29, 0.717) is 35.4 Å². The van der Waals surface area contributed by atoms with E-state index in [0.717, 1.165) is 18.6 Å². The highest BCUT2D eigenvalue weighted by atomic mass is 16.5. The van der Waals surface area contributed by atoms with E-state index in [4.69, 9.17) is 18.7 Å². The number of nitrogens with zero attached hydrogens (tertiary/aromatic N) is 2. The van der Waals surface area contributed by atoms with Crippen LogP contribution in [0.25, 0.3) is 11.4 Å². The molecule has 1 aromatic carbocycles. The number of ether oxygens (including phenoxy) is 3. The third kappa shape index (κ3) is 2.54. The fraction of sp³-hybridized carbons (Fsp3) is 0.556. The van der Waals surface area contributed by atoms with Gasteiger partial charge in [-0.15, -0.1) is 0 Å². The molecule has 7 heteroatoms. The van der Waals surface area contributed by atoms with Gasteiger partial charge in [0.1, 0.15) is 0 Å². The van der Waals surface area contributed by atoms with Gasteiger partial charge < -0.3 is 24.1 Å². The van der Waals surface area contributed by atoms with Gasteiger partial charge in [-0.25, -0.2) is 0 Å². The summed E-state index contributed by atoms with van der Waals surface area (Å²) in [7, 11) is 3.21. The van der Waals surface area contributed by atoms with Crippen molar-refractivity contribution in [2.45, 2.75) is 32.4 Å². The molecular formula is C18H23N3O4. The number of hydrogen-bond acceptors (Lipinski definition) is 7. The summed E-state index contributed by atoms with van der Waals surface area (Å²) < 4.78 is 21.8. The summed E-state index contributed by atoms with van der Waals surface area (Å²) >= 11 is 0. The van der Waals surface area contributed by atoms with Crippen molar-refractivity contribution in [1.29, 1.82) is 0 Å². The van der Waals surface area contributed by atoms with Crippen LogP contribution in [0.4, 0.5) is 6.01 Å². The van der Waals surface area contributed by atoms with Crippen LogP contribution in [0.3, 0.4) is 0 Å². The molecule has 4 rings (SSSR count). The second-order valence-electron chi connectivity index (χ2n) is 7.18. The lowest BCUT2D eigenvalue weighted by Crippen LogP contribution is -2.63. The molecule has 25 heavy (non-hydrogen) atoms. The molecular weight excluding hydrogens is 322 g/mol. The summed E-state index contributed by atoms with van der Waals surface area (Å²) in [5.74, 6) is 2.31. The summed E-state index contributed by atoms with van der Waals surface area (Å²) in [5.41, 5.74) is 0.864. The largest absolute Gasteiger partial charge is 0.493 e. The summed E-state index contributed by atoms with van der Waals surface area (Å²) in [6, 6.07) is 6.26. The fourth-order valence-corrected chi connectivity index (χ4v) is 4.12. The molecule has 7 nitrogen and oxygen atoms in total. The van der Waals surface area contributed by atoms with Gasteiger partial charge in [0.2, 0.25) is 5.82 Å². The van der Waals surface area contributed by atoms with Crippen molar-refractivity contribution in [3.63, 3.8) is 0 Å². The Morgan fingerprint density at radius 3 is 2.76 bits per heavy atom. The van der Waals surface area contributed by atoms with Crippen molar-refractivity contribution in [3.05, 3.63) is 18.2 Å². The molecule has 0 radical (unpaired) electrons. The maximum Gasteiger partial charge on any atom is 0.322 e. The number of benzene rings is 1. The number of hydrogen-bond donors (Lipinski definition) is 1. The van der Waals surface area contributed by atoms with Crippen LogP contribution in [0.1, 0.15) is 20.3 Å². The Morgan fingerprint density at radius 2 is 2.00 bits per heavy atom. The van der Waals surface area contributed by atoms with E-state index in [1.165, 1.54) is 0 Å². The molecule has 1 aliphatic carbocycles. The third-order valence-electron chi connectivity index (χ3n) is 5.45. The maximum atomic E-state index is 5.82. The minimum Gasteiger partial charge on any atom is -0.493 e. The van der Waals surface area contributed by atoms with Crippen molar-refractivity contribution in [3.8, 4) is 22.9 Å². The Morgan fingerprint density at radius 1 is 1.20 bits per heavy atom. The third-order valence-corrected chi connectivity index (χ3v) is 5.45. The van der Waals surface area contributed by atoms with Crippen LogP contribution in [-0.4, -0.2) is 43.1 Å². The highest BCUT2D eigenvalue weighted by Gasteiger charge is 2.59. The van der Waals surface area contributed by atoms with E-state index in [2.05, 4.69) is 29.3 Å². The lowest BCUT2D eigenvalue weighted by molar-refractivity contribution is -0.0929. The predicted molar refractivity (Wildman–Crippen MR) is 91.9 cm³/mol. The molecule has 0 bridgehead atoms. The monoisotopic (exact) mass is 345 g/mol. The molecule has 0 amide bonds. The van der Waals surface area contributed by atoms with Crippen LogP contribution in [0, 0.1) is 11.3 Å². The second kappa shape index (κ2) is 5.91. The average molecular weight is 345 g/mol. The Kier molecular flexibility index (Phi) is 3.83. The Bertz CT molecular complexity index is 773. The topological polar surface area (TPSA) is 78.6 Å². The van der Waals surface area contributed by atoms with Gasteiger partial charge in [0.05, 0.1) is 20.3 Å². The van der Waals surface area contributed by atoms with Crippen LogP contribution in [0.15, 0.2) is 22.7 Å². The average Bonchev–Trinajstić information content (AvgIpc) is 3.27. The highest BCUT2D eigenvalue weighted by molar-refractivity contribution is 5.61. The van der Waals surface area contributed by atoms with E-state index in [9.17, 15) is 0 Å². The standard InChI is InChI=1S/C18H23N3O4/c1-18(2)14(11-7-8-24-15(11)18)19-17-20-16(21-25-17)10-5-6-12(22-3)13(9-10)23-4/h5-6,9,11,14-15H,7-8H2,1-4H3,(H,19,20,21). The molecule has 1 saturated heterocycles. The quantitative estimate of drug-likeness (QED) is 0.892. The Labute approximate surface area is 146 Å². The van der Waals surface area contributed by atoms with Crippen molar-refractivity contribution >= 4 is 6.01 Å². The van der Waals surface area contributed by atoms with Gasteiger partial charge in [-0.3, -0.25) is 0 Å². The number of methoxy groups -OCH3 is 2. The number of anilines is 1. The van der Waals surface area contributed by atoms with E-state index in [1.54, 1.807) is 14.2 Å². The van der Waals surface area contributed by atoms with Gasteiger partial charge in [-0.2, -0.15) is 4.98 Å². The summed E-state index contributed by atoms with van der Waals surface area (Å²) in [4.78, 5) is 4.49. The second-order valence-corrected chi connectivity index (χ2v) is 7.18. The first-order valence-corrected chi connectivity index (χ1v) is 8.49. The molecule has 1 N–H and O–H groups in total. The number of nitrogens with one attached hydrogen (secondary N) is 1. The summed E-state index contributed by atoms with van der Waals surface area (Å²) in [6.45, 7) is 5.25. The highest BCUT2D eigenvalue weighted by Crippen LogP contribution is 2.53. The minimum absolute atomic E-state index is 0.0547. The van der Waals surface area contributed by atoms with Crippen LogP contribution >= 0.6 is 0 Å². The number of aromatic nitrogens is 2. The first-order valence-electron chi connectivity index (χ1n) is 8.49. The zero-order valence-electron chi connectivity index (χ0n) is 14.9. The van der Waals surface area contributed by atoms with Crippen LogP contribution in [-0.2, 0) is 4.74 Å². The predicted octanol–water partition coefficient (Wildman–Crippen LogP) is 2.98. The van der Waals surface area contributed by atoms with Crippen molar-refractivity contribution in [2.24, 2.45) is 11.3 Å². The molecule has 1 aliphatic heterocycles. The van der Waals surface area contributed by atoms with Gasteiger partial charge in [-0.05, 0) is 24.6 Å². The Balaban J connectivity index is 1.53. The molecule has 2 heterocycles. The van der Waals surface area contributed by atoms with Crippen LogP contribution in [0.5, 0.6) is 11.5 Å². The molecule has 1 saturated carbocycles. The fourth-order valence-electron chi connectivity index (χ4n) is 4.12. The molecule has 134 valence electrons. The lowest BCUT2D eigenvalue weighted by Gasteiger charge is -2.54. The summed E-state index contributed by atoms with van der Waals surface area (Å²) in [6.07, 6.45) is 1.39. The first kappa shape index (κ1) is 16.2. The van der Waals surface area contributed by atoms with Crippen LogP contribution in [0.2, 0.25) is 0 Å². The zero-order chi connectivity index (χ0) is 17.6. The van der Waals surface area contributed by atoms with Gasteiger partial charge >= 0.3 is 6.01 Å². The summed E-state index contributed by atoms with van der Waals surface area (Å²) in [5, 5.41) is 7.49. The Hall–Kier alpha value is -2.28. The normalized spacial score (nSPS) is 26.6. The smallest absolute Gasteiger partial charge is 0.322 e. The molecule has 1 aromatic heterocycles.